The minimum atomic E-state index is -0.545. The molecule has 1 rings (SSSR count). The molecule has 0 spiro atoms. The van der Waals surface area contributed by atoms with Crippen molar-refractivity contribution in [1.29, 1.82) is 0 Å². The van der Waals surface area contributed by atoms with Gasteiger partial charge in [0, 0.05) is 6.04 Å². The second-order valence-corrected chi connectivity index (χ2v) is 4.07. The molecule has 0 fully saturated rings. The fraction of sp³-hybridized carbons (Fsp3) is 0.636. The lowest BCUT2D eigenvalue weighted by Crippen LogP contribution is -2.33. The van der Waals surface area contributed by atoms with Gasteiger partial charge in [0.1, 0.15) is 0 Å². The first-order valence-corrected chi connectivity index (χ1v) is 5.53. The van der Waals surface area contributed by atoms with Gasteiger partial charge in [0.2, 0.25) is 5.88 Å². The average Bonchev–Trinajstić information content (AvgIpc) is 2.23. The van der Waals surface area contributed by atoms with Gasteiger partial charge in [0.15, 0.2) is 0 Å². The summed E-state index contributed by atoms with van der Waals surface area (Å²) in [4.78, 5) is 25.0. The first kappa shape index (κ1) is 12.5. The van der Waals surface area contributed by atoms with Crippen molar-refractivity contribution in [2.45, 2.75) is 46.1 Å². The van der Waals surface area contributed by atoms with Crippen LogP contribution in [-0.2, 0) is 0 Å². The Balaban J connectivity index is 3.18. The molecule has 0 amide bonds. The van der Waals surface area contributed by atoms with E-state index >= 15 is 0 Å². The fourth-order valence-electron chi connectivity index (χ4n) is 1.67. The predicted octanol–water partition coefficient (Wildman–Crippen LogP) is 1.30. The largest absolute Gasteiger partial charge is 0.494 e. The summed E-state index contributed by atoms with van der Waals surface area (Å²) in [6, 6.07) is -0.108. The molecule has 2 N–H and O–H groups in total. The predicted molar refractivity (Wildman–Crippen MR) is 62.0 cm³/mol. The van der Waals surface area contributed by atoms with Crippen LogP contribution in [0.5, 0.6) is 5.88 Å². The second kappa shape index (κ2) is 5.01. The Hall–Kier alpha value is -1.52. The number of hydrogen-bond donors (Lipinski definition) is 2. The summed E-state index contributed by atoms with van der Waals surface area (Å²) in [5.41, 5.74) is -0.888. The van der Waals surface area contributed by atoms with Gasteiger partial charge in [0.05, 0.1) is 5.56 Å². The molecule has 0 radical (unpaired) electrons. The number of aromatic hydroxyl groups is 1. The van der Waals surface area contributed by atoms with Crippen molar-refractivity contribution in [1.82, 2.24) is 9.55 Å². The standard InChI is InChI=1S/C11H18N2O3/c1-4-5-6-7(2)13-10(15)8(3)9(14)12-11(13)16/h7,15H,4-6H2,1-3H3,(H,12,14,16). The molecule has 0 saturated heterocycles. The highest BCUT2D eigenvalue weighted by Crippen LogP contribution is 2.18. The van der Waals surface area contributed by atoms with E-state index in [0.717, 1.165) is 19.3 Å². The molecular formula is C11H18N2O3. The van der Waals surface area contributed by atoms with Crippen molar-refractivity contribution in [2.24, 2.45) is 0 Å². The van der Waals surface area contributed by atoms with Crippen LogP contribution in [0.2, 0.25) is 0 Å². The van der Waals surface area contributed by atoms with E-state index in [9.17, 15) is 14.7 Å². The fourth-order valence-corrected chi connectivity index (χ4v) is 1.67. The maximum Gasteiger partial charge on any atom is 0.331 e. The molecule has 90 valence electrons. The van der Waals surface area contributed by atoms with Crippen molar-refractivity contribution in [3.8, 4) is 5.88 Å². The molecule has 0 aliphatic heterocycles. The Bertz CT molecular complexity index is 473. The number of rotatable bonds is 4. The molecule has 16 heavy (non-hydrogen) atoms. The molecule has 1 aromatic rings. The van der Waals surface area contributed by atoms with E-state index in [1.54, 1.807) is 0 Å². The molecule has 1 heterocycles. The number of nitrogens with zero attached hydrogens (tertiary/aromatic N) is 1. The lowest BCUT2D eigenvalue weighted by atomic mass is 10.1. The van der Waals surface area contributed by atoms with Crippen LogP contribution in [0.4, 0.5) is 0 Å². The summed E-state index contributed by atoms with van der Waals surface area (Å²) in [5.74, 6) is -0.225. The zero-order valence-electron chi connectivity index (χ0n) is 9.91. The van der Waals surface area contributed by atoms with E-state index in [1.165, 1.54) is 11.5 Å². The lowest BCUT2D eigenvalue weighted by Gasteiger charge is -2.16. The maximum atomic E-state index is 11.6. The number of hydrogen-bond acceptors (Lipinski definition) is 3. The maximum absolute atomic E-state index is 11.6. The summed E-state index contributed by atoms with van der Waals surface area (Å²) >= 11 is 0. The van der Waals surface area contributed by atoms with Crippen LogP contribution in [-0.4, -0.2) is 14.7 Å². The van der Waals surface area contributed by atoms with Crippen LogP contribution >= 0.6 is 0 Å². The highest BCUT2D eigenvalue weighted by Gasteiger charge is 2.14. The third-order valence-corrected chi connectivity index (χ3v) is 2.76. The minimum Gasteiger partial charge on any atom is -0.494 e. The summed E-state index contributed by atoms with van der Waals surface area (Å²) in [5, 5.41) is 9.77. The first-order chi connectivity index (χ1) is 7.49. The molecule has 1 atom stereocenters. The van der Waals surface area contributed by atoms with Gasteiger partial charge in [-0.15, -0.1) is 0 Å². The first-order valence-electron chi connectivity index (χ1n) is 5.53. The van der Waals surface area contributed by atoms with Gasteiger partial charge in [-0.25, -0.2) is 4.79 Å². The molecule has 0 aliphatic rings. The number of aromatic amines is 1. The quantitative estimate of drug-likeness (QED) is 0.812. The Morgan fingerprint density at radius 1 is 1.44 bits per heavy atom. The summed E-state index contributed by atoms with van der Waals surface area (Å²) < 4.78 is 1.24. The number of H-pyrrole nitrogens is 1. The van der Waals surface area contributed by atoms with Crippen molar-refractivity contribution in [3.63, 3.8) is 0 Å². The van der Waals surface area contributed by atoms with Crippen molar-refractivity contribution in [2.75, 3.05) is 0 Å². The molecule has 0 aromatic carbocycles. The molecule has 1 aromatic heterocycles. The van der Waals surface area contributed by atoms with E-state index in [-0.39, 0.29) is 17.5 Å². The topological polar surface area (TPSA) is 75.1 Å². The Kier molecular flexibility index (Phi) is 3.93. The third-order valence-electron chi connectivity index (χ3n) is 2.76. The highest BCUT2D eigenvalue weighted by atomic mass is 16.3. The van der Waals surface area contributed by atoms with Gasteiger partial charge in [-0.05, 0) is 20.3 Å². The van der Waals surface area contributed by atoms with Crippen LogP contribution < -0.4 is 11.2 Å². The number of aromatic nitrogens is 2. The van der Waals surface area contributed by atoms with E-state index in [1.807, 2.05) is 6.92 Å². The highest BCUT2D eigenvalue weighted by molar-refractivity contribution is 5.20. The van der Waals surface area contributed by atoms with Gasteiger partial charge in [0.25, 0.3) is 5.56 Å². The Labute approximate surface area is 93.8 Å². The van der Waals surface area contributed by atoms with Gasteiger partial charge >= 0.3 is 5.69 Å². The van der Waals surface area contributed by atoms with Crippen molar-refractivity contribution in [3.05, 3.63) is 26.4 Å². The van der Waals surface area contributed by atoms with Crippen molar-refractivity contribution >= 4 is 0 Å². The average molecular weight is 226 g/mol. The van der Waals surface area contributed by atoms with Crippen LogP contribution in [0, 0.1) is 6.92 Å². The number of unbranched alkanes of at least 4 members (excludes halogenated alkanes) is 1. The van der Waals surface area contributed by atoms with Crippen LogP contribution in [0.15, 0.2) is 9.59 Å². The molecule has 0 saturated carbocycles. The monoisotopic (exact) mass is 226 g/mol. The van der Waals surface area contributed by atoms with E-state index in [0.29, 0.717) is 0 Å². The van der Waals surface area contributed by atoms with Crippen molar-refractivity contribution < 1.29 is 5.11 Å². The van der Waals surface area contributed by atoms with Crippen LogP contribution in [0.25, 0.3) is 0 Å². The molecule has 0 aliphatic carbocycles. The van der Waals surface area contributed by atoms with Gasteiger partial charge in [-0.2, -0.15) is 0 Å². The zero-order valence-corrected chi connectivity index (χ0v) is 9.91. The lowest BCUT2D eigenvalue weighted by molar-refractivity contribution is 0.354. The Morgan fingerprint density at radius 2 is 2.06 bits per heavy atom. The zero-order chi connectivity index (χ0) is 12.3. The summed E-state index contributed by atoms with van der Waals surface area (Å²) in [6.07, 6.45) is 2.81. The Morgan fingerprint density at radius 3 is 2.62 bits per heavy atom. The smallest absolute Gasteiger partial charge is 0.331 e. The van der Waals surface area contributed by atoms with Crippen LogP contribution in [0.1, 0.15) is 44.7 Å². The summed E-state index contributed by atoms with van der Waals surface area (Å²) in [6.45, 7) is 5.42. The van der Waals surface area contributed by atoms with Gasteiger partial charge in [-0.1, -0.05) is 19.8 Å². The SMILES string of the molecule is CCCCC(C)n1c(O)c(C)c(=O)[nH]c1=O. The molecule has 1 unspecified atom stereocenters. The van der Waals surface area contributed by atoms with Crippen LogP contribution in [0.3, 0.4) is 0 Å². The molecular weight excluding hydrogens is 208 g/mol. The molecule has 5 nitrogen and oxygen atoms in total. The third kappa shape index (κ3) is 2.35. The van der Waals surface area contributed by atoms with Gasteiger partial charge < -0.3 is 5.11 Å². The summed E-state index contributed by atoms with van der Waals surface area (Å²) in [7, 11) is 0. The van der Waals surface area contributed by atoms with E-state index < -0.39 is 11.2 Å². The van der Waals surface area contributed by atoms with E-state index in [4.69, 9.17) is 0 Å². The van der Waals surface area contributed by atoms with E-state index in [2.05, 4.69) is 11.9 Å². The molecule has 5 heteroatoms. The number of nitrogens with one attached hydrogen (secondary N) is 1. The molecule has 0 bridgehead atoms. The normalized spacial score (nSPS) is 12.7. The van der Waals surface area contributed by atoms with Gasteiger partial charge in [-0.3, -0.25) is 14.3 Å². The second-order valence-electron chi connectivity index (χ2n) is 4.07. The minimum absolute atomic E-state index is 0.108.